The number of carbonyl (C=O) groups is 1. The zero-order valence-electron chi connectivity index (χ0n) is 23.9. The standard InChI is InChI=1S/C32H44ClN3O3/c1-5-6-20-32(39-31(37)38-4)29(36(23-34-32)22-25-10-8-7-9-11-25)21-24-12-14-26(15-13-24)30(35(2)3)27-16-18-28(33)19-17-27/h7-11,16-19,23-24,26,29-30H,5-6,12-15,20-22H2,1-4H3. The number of methoxy groups -OCH3 is 1. The second-order valence-electron chi connectivity index (χ2n) is 11.4. The zero-order chi connectivity index (χ0) is 27.8. The normalized spacial score (nSPS) is 25.6. The molecule has 6 nitrogen and oxygen atoms in total. The van der Waals surface area contributed by atoms with Gasteiger partial charge in [-0.25, -0.2) is 9.79 Å². The fraction of sp³-hybridized carbons (Fsp3) is 0.562. The van der Waals surface area contributed by atoms with Gasteiger partial charge in [-0.1, -0.05) is 80.3 Å². The first kappa shape index (κ1) is 29.4. The first-order valence-corrected chi connectivity index (χ1v) is 14.8. The van der Waals surface area contributed by atoms with Gasteiger partial charge in [0.1, 0.15) is 0 Å². The molecule has 1 heterocycles. The van der Waals surface area contributed by atoms with Gasteiger partial charge in [0.05, 0.1) is 19.5 Å². The van der Waals surface area contributed by atoms with Crippen molar-refractivity contribution in [3.63, 3.8) is 0 Å². The van der Waals surface area contributed by atoms with Crippen LogP contribution in [-0.4, -0.2) is 55.3 Å². The summed E-state index contributed by atoms with van der Waals surface area (Å²) >= 11 is 6.17. The Morgan fingerprint density at radius 1 is 1.10 bits per heavy atom. The molecule has 1 saturated carbocycles. The van der Waals surface area contributed by atoms with E-state index in [1.165, 1.54) is 31.1 Å². The molecule has 1 aliphatic carbocycles. The van der Waals surface area contributed by atoms with Gasteiger partial charge >= 0.3 is 6.16 Å². The number of ether oxygens (including phenoxy) is 2. The number of hydrogen-bond donors (Lipinski definition) is 0. The van der Waals surface area contributed by atoms with Crippen LogP contribution in [0.1, 0.15) is 75.5 Å². The summed E-state index contributed by atoms with van der Waals surface area (Å²) in [7, 11) is 5.72. The lowest BCUT2D eigenvalue weighted by molar-refractivity contribution is -0.0640. The van der Waals surface area contributed by atoms with Crippen LogP contribution in [0.15, 0.2) is 59.6 Å². The van der Waals surface area contributed by atoms with E-state index in [9.17, 15) is 4.79 Å². The summed E-state index contributed by atoms with van der Waals surface area (Å²) in [4.78, 5) is 22.0. The fourth-order valence-corrected chi connectivity index (χ4v) is 6.69. The SMILES string of the molecule is CCCCC1(OC(=O)OC)N=CN(Cc2ccccc2)C1CC1CCC(C(c2ccc(Cl)cc2)N(C)C)CC1. The third-order valence-electron chi connectivity index (χ3n) is 8.53. The van der Waals surface area contributed by atoms with E-state index < -0.39 is 11.9 Å². The molecule has 3 unspecified atom stereocenters. The highest BCUT2D eigenvalue weighted by molar-refractivity contribution is 6.30. The van der Waals surface area contributed by atoms with Crippen LogP contribution in [0.3, 0.4) is 0 Å². The molecule has 1 fully saturated rings. The molecule has 0 bridgehead atoms. The number of carbonyl (C=O) groups excluding carboxylic acids is 1. The molecule has 2 aromatic rings. The molecule has 4 rings (SSSR count). The number of halogens is 1. The van der Waals surface area contributed by atoms with Gasteiger partial charge in [-0.15, -0.1) is 0 Å². The second kappa shape index (κ2) is 13.7. The Morgan fingerprint density at radius 3 is 2.41 bits per heavy atom. The maximum absolute atomic E-state index is 12.4. The molecule has 0 N–H and O–H groups in total. The van der Waals surface area contributed by atoms with E-state index in [0.717, 1.165) is 43.7 Å². The minimum absolute atomic E-state index is 0.0224. The van der Waals surface area contributed by atoms with Gasteiger partial charge in [-0.05, 0) is 74.9 Å². The summed E-state index contributed by atoms with van der Waals surface area (Å²) in [5.74, 6) is 1.13. The molecule has 0 aromatic heterocycles. The van der Waals surface area contributed by atoms with Crippen LogP contribution in [0.4, 0.5) is 4.79 Å². The molecule has 7 heteroatoms. The van der Waals surface area contributed by atoms with E-state index in [-0.39, 0.29) is 6.04 Å². The van der Waals surface area contributed by atoms with Crippen molar-refractivity contribution in [2.24, 2.45) is 16.8 Å². The number of aliphatic imine (C=N–C) groups is 1. The van der Waals surface area contributed by atoms with Crippen LogP contribution >= 0.6 is 11.6 Å². The topological polar surface area (TPSA) is 54.4 Å². The highest BCUT2D eigenvalue weighted by Crippen LogP contribution is 2.44. The molecule has 0 amide bonds. The minimum Gasteiger partial charge on any atom is -0.438 e. The quantitative estimate of drug-likeness (QED) is 0.267. The maximum Gasteiger partial charge on any atom is 0.510 e. The lowest BCUT2D eigenvalue weighted by atomic mass is 9.73. The van der Waals surface area contributed by atoms with Crippen LogP contribution in [0.25, 0.3) is 0 Å². The third-order valence-corrected chi connectivity index (χ3v) is 8.78. The Bertz CT molecular complexity index is 1070. The molecule has 2 aliphatic rings. The van der Waals surface area contributed by atoms with E-state index in [2.05, 4.69) is 67.2 Å². The second-order valence-corrected chi connectivity index (χ2v) is 11.8. The molecular weight excluding hydrogens is 510 g/mol. The molecule has 0 radical (unpaired) electrons. The van der Waals surface area contributed by atoms with Gasteiger partial charge in [0, 0.05) is 24.0 Å². The number of hydrogen-bond acceptors (Lipinski definition) is 6. The molecule has 0 spiro atoms. The minimum atomic E-state index is -0.912. The number of unbranched alkanes of at least 4 members (excludes halogenated alkanes) is 1. The number of rotatable bonds is 11. The summed E-state index contributed by atoms with van der Waals surface area (Å²) in [6.07, 6.45) is 9.47. The van der Waals surface area contributed by atoms with Crippen LogP contribution in [0.2, 0.25) is 5.02 Å². The monoisotopic (exact) mass is 553 g/mol. The van der Waals surface area contributed by atoms with E-state index in [1.54, 1.807) is 0 Å². The Labute approximate surface area is 239 Å². The summed E-state index contributed by atoms with van der Waals surface area (Å²) in [6.45, 7) is 2.90. The largest absolute Gasteiger partial charge is 0.510 e. The highest BCUT2D eigenvalue weighted by atomic mass is 35.5. The first-order chi connectivity index (χ1) is 18.8. The van der Waals surface area contributed by atoms with Crippen LogP contribution in [0.5, 0.6) is 0 Å². The van der Waals surface area contributed by atoms with Crippen molar-refractivity contribution in [1.29, 1.82) is 0 Å². The average molecular weight is 554 g/mol. The van der Waals surface area contributed by atoms with E-state index in [1.807, 2.05) is 24.5 Å². The zero-order valence-corrected chi connectivity index (χ0v) is 24.6. The Hall–Kier alpha value is -2.57. The van der Waals surface area contributed by atoms with Gasteiger partial charge in [0.15, 0.2) is 0 Å². The summed E-state index contributed by atoms with van der Waals surface area (Å²) in [5, 5.41) is 0.777. The van der Waals surface area contributed by atoms with Crippen molar-refractivity contribution in [3.8, 4) is 0 Å². The van der Waals surface area contributed by atoms with Crippen molar-refractivity contribution in [2.75, 3.05) is 21.2 Å². The third kappa shape index (κ3) is 7.34. The van der Waals surface area contributed by atoms with Crippen molar-refractivity contribution in [3.05, 3.63) is 70.7 Å². The molecule has 39 heavy (non-hydrogen) atoms. The van der Waals surface area contributed by atoms with Gasteiger partial charge in [-0.3, -0.25) is 0 Å². The lowest BCUT2D eigenvalue weighted by Gasteiger charge is -2.41. The average Bonchev–Trinajstić information content (AvgIpc) is 3.26. The van der Waals surface area contributed by atoms with Crippen molar-refractivity contribution >= 4 is 24.1 Å². The predicted octanol–water partition coefficient (Wildman–Crippen LogP) is 7.72. The van der Waals surface area contributed by atoms with Gasteiger partial charge in [0.2, 0.25) is 5.72 Å². The van der Waals surface area contributed by atoms with Crippen LogP contribution < -0.4 is 0 Å². The Balaban J connectivity index is 1.50. The van der Waals surface area contributed by atoms with Crippen molar-refractivity contribution < 1.29 is 14.3 Å². The predicted molar refractivity (Wildman–Crippen MR) is 158 cm³/mol. The van der Waals surface area contributed by atoms with Crippen molar-refractivity contribution in [1.82, 2.24) is 9.80 Å². The summed E-state index contributed by atoms with van der Waals surface area (Å²) in [5.41, 5.74) is 1.64. The Kier molecular flexibility index (Phi) is 10.3. The number of benzene rings is 2. The van der Waals surface area contributed by atoms with Crippen molar-refractivity contribution in [2.45, 2.75) is 82.6 Å². The molecule has 2 aromatic carbocycles. The fourth-order valence-electron chi connectivity index (χ4n) is 6.56. The van der Waals surface area contributed by atoms with Gasteiger partial charge in [-0.2, -0.15) is 0 Å². The maximum atomic E-state index is 12.4. The lowest BCUT2D eigenvalue weighted by Crippen LogP contribution is -2.49. The number of nitrogens with zero attached hydrogens (tertiary/aromatic N) is 3. The molecule has 212 valence electrons. The van der Waals surface area contributed by atoms with E-state index in [0.29, 0.717) is 24.3 Å². The molecule has 0 saturated heterocycles. The Morgan fingerprint density at radius 2 is 1.79 bits per heavy atom. The van der Waals surface area contributed by atoms with Gasteiger partial charge < -0.3 is 19.3 Å². The van der Waals surface area contributed by atoms with Gasteiger partial charge in [0.25, 0.3) is 0 Å². The summed E-state index contributed by atoms with van der Waals surface area (Å²) in [6, 6.07) is 19.1. The molecule has 3 atom stereocenters. The summed E-state index contributed by atoms with van der Waals surface area (Å²) < 4.78 is 11.0. The smallest absolute Gasteiger partial charge is 0.438 e. The molecular formula is C32H44ClN3O3. The van der Waals surface area contributed by atoms with Crippen LogP contribution in [0, 0.1) is 11.8 Å². The van der Waals surface area contributed by atoms with E-state index in [4.69, 9.17) is 26.1 Å². The highest BCUT2D eigenvalue weighted by Gasteiger charge is 2.49. The van der Waals surface area contributed by atoms with E-state index >= 15 is 0 Å². The molecule has 1 aliphatic heterocycles. The van der Waals surface area contributed by atoms with Crippen LogP contribution in [-0.2, 0) is 16.0 Å². The first-order valence-electron chi connectivity index (χ1n) is 14.4.